The molecule has 2 aromatic carbocycles. The number of H-pyrrole nitrogens is 1. The summed E-state index contributed by atoms with van der Waals surface area (Å²) in [4.78, 5) is 69.5. The average molecular weight is 895 g/mol. The molecule has 336 valence electrons. The maximum absolute atomic E-state index is 13.8. The highest BCUT2D eigenvalue weighted by atomic mass is 35.5. The molecular formula is C43H50ClF3N10O6. The minimum Gasteiger partial charge on any atom is -0.453 e. The summed E-state index contributed by atoms with van der Waals surface area (Å²) in [6, 6.07) is 10.4. The number of aromatic amines is 1. The third-order valence-electron chi connectivity index (χ3n) is 11.1. The summed E-state index contributed by atoms with van der Waals surface area (Å²) in [5, 5.41) is 5.16. The number of hydrogen-bond donors (Lipinski definition) is 5. The van der Waals surface area contributed by atoms with Crippen LogP contribution in [0.15, 0.2) is 72.8 Å². The van der Waals surface area contributed by atoms with Crippen LogP contribution in [0.3, 0.4) is 0 Å². The van der Waals surface area contributed by atoms with Gasteiger partial charge >= 0.3 is 12.5 Å². The first-order valence-electron chi connectivity index (χ1n) is 20.2. The highest BCUT2D eigenvalue weighted by Crippen LogP contribution is 2.41. The number of carbonyl (C=O) groups excluding carboxylic acids is 4. The van der Waals surface area contributed by atoms with E-state index in [9.17, 15) is 32.3 Å². The van der Waals surface area contributed by atoms with Crippen LogP contribution >= 0.6 is 11.6 Å². The van der Waals surface area contributed by atoms with Crippen molar-refractivity contribution in [2.24, 2.45) is 23.3 Å². The zero-order chi connectivity index (χ0) is 45.9. The Morgan fingerprint density at radius 1 is 0.984 bits per heavy atom. The first-order chi connectivity index (χ1) is 29.8. The highest BCUT2D eigenvalue weighted by molar-refractivity contribution is 6.34. The van der Waals surface area contributed by atoms with Gasteiger partial charge in [0.25, 0.3) is 11.8 Å². The molecular weight excluding hydrogens is 845 g/mol. The fourth-order valence-corrected chi connectivity index (χ4v) is 8.05. The van der Waals surface area contributed by atoms with Crippen LogP contribution in [-0.2, 0) is 14.3 Å². The van der Waals surface area contributed by atoms with Gasteiger partial charge in [-0.15, -0.1) is 13.2 Å². The first-order valence-corrected chi connectivity index (χ1v) is 20.6. The van der Waals surface area contributed by atoms with Gasteiger partial charge in [-0.3, -0.25) is 14.4 Å². The van der Waals surface area contributed by atoms with Gasteiger partial charge in [0, 0.05) is 67.5 Å². The maximum atomic E-state index is 13.8. The van der Waals surface area contributed by atoms with Crippen LogP contribution in [0.4, 0.5) is 29.5 Å². The number of pyridine rings is 1. The standard InChI is InChI=1S/C43H50ClF3N10O6/c1-22(2)37(54-42(61)62-6)41(60)57-19-23(3)13-34(57)38-51-18-33(52-38)27-9-7-26(8-10-27)29-14-30(44)32(15-35(29)63-43(45,46)47)53-39(58)28-11-12-36(50-17-28)55-20-25(5)56(21-24(55)4)40(59)31(49)16-48/h7-12,14-18,22-25,34,37H,13,19-21,48-49H2,1-6H3,(H,51,52)(H,53,58)(H,54,61)/b31-16-/t23-,24+,25-,34-,37-/m0/s1. The van der Waals surface area contributed by atoms with E-state index in [0.717, 1.165) is 12.3 Å². The van der Waals surface area contributed by atoms with Gasteiger partial charge < -0.3 is 51.3 Å². The number of likely N-dealkylation sites (tertiary alicyclic amines) is 1. The van der Waals surface area contributed by atoms with Gasteiger partial charge in [-0.1, -0.05) is 56.6 Å². The summed E-state index contributed by atoms with van der Waals surface area (Å²) in [7, 11) is 1.23. The number of amides is 4. The molecule has 0 unspecified atom stereocenters. The van der Waals surface area contributed by atoms with Gasteiger partial charge in [0.15, 0.2) is 0 Å². The first kappa shape index (κ1) is 46.0. The Bertz CT molecular complexity index is 2360. The molecule has 4 amide bonds. The monoisotopic (exact) mass is 894 g/mol. The quantitative estimate of drug-likeness (QED) is 0.104. The summed E-state index contributed by atoms with van der Waals surface area (Å²) in [6.07, 6.45) is -1.05. The summed E-state index contributed by atoms with van der Waals surface area (Å²) >= 11 is 6.59. The zero-order valence-electron chi connectivity index (χ0n) is 35.5. The predicted octanol–water partition coefficient (Wildman–Crippen LogP) is 6.42. The van der Waals surface area contributed by atoms with E-state index in [1.807, 2.05) is 39.5 Å². The molecule has 2 aliphatic heterocycles. The fraction of sp³-hybridized carbons (Fsp3) is 0.395. The number of piperazine rings is 1. The van der Waals surface area contributed by atoms with Crippen LogP contribution in [0.5, 0.6) is 5.75 Å². The summed E-state index contributed by atoms with van der Waals surface area (Å²) in [6.45, 7) is 10.7. The zero-order valence-corrected chi connectivity index (χ0v) is 36.3. The number of anilines is 2. The Kier molecular flexibility index (Phi) is 13.8. The van der Waals surface area contributed by atoms with E-state index >= 15 is 0 Å². The second-order valence-electron chi connectivity index (χ2n) is 16.1. The lowest BCUT2D eigenvalue weighted by Crippen LogP contribution is -2.59. The third kappa shape index (κ3) is 10.4. The number of alkyl carbamates (subject to hydrolysis) is 1. The number of nitrogens with zero attached hydrogens (tertiary/aromatic N) is 5. The van der Waals surface area contributed by atoms with Gasteiger partial charge in [0.05, 0.1) is 35.1 Å². The molecule has 2 aromatic heterocycles. The van der Waals surface area contributed by atoms with Crippen LogP contribution in [0, 0.1) is 11.8 Å². The Hall–Kier alpha value is -6.50. The number of nitrogens with two attached hydrogens (primary N) is 2. The lowest BCUT2D eigenvalue weighted by molar-refractivity contribution is -0.274. The van der Waals surface area contributed by atoms with Gasteiger partial charge in [-0.2, -0.15) is 0 Å². The number of aromatic nitrogens is 3. The van der Waals surface area contributed by atoms with Crippen LogP contribution < -0.4 is 31.7 Å². The lowest BCUT2D eigenvalue weighted by atomic mass is 10.0. The molecule has 2 aliphatic rings. The summed E-state index contributed by atoms with van der Waals surface area (Å²) in [5.74, 6) is -0.846. The number of carbonyl (C=O) groups is 4. The molecule has 4 aromatic rings. The molecule has 2 saturated heterocycles. The van der Waals surface area contributed by atoms with Crippen molar-refractivity contribution in [2.45, 2.75) is 71.6 Å². The van der Waals surface area contributed by atoms with E-state index in [1.165, 1.54) is 25.4 Å². The third-order valence-corrected chi connectivity index (χ3v) is 11.4. The van der Waals surface area contributed by atoms with Crippen molar-refractivity contribution < 1.29 is 41.8 Å². The van der Waals surface area contributed by atoms with Gasteiger partial charge in [-0.25, -0.2) is 14.8 Å². The van der Waals surface area contributed by atoms with E-state index < -0.39 is 30.2 Å². The number of methoxy groups -OCH3 is 1. The Morgan fingerprint density at radius 3 is 2.30 bits per heavy atom. The van der Waals surface area contributed by atoms with Crippen molar-refractivity contribution in [1.82, 2.24) is 30.1 Å². The Balaban J connectivity index is 1.17. The number of hydrogen-bond acceptors (Lipinski definition) is 11. The van der Waals surface area contributed by atoms with Crippen LogP contribution in [-0.4, -0.2) is 99.8 Å². The van der Waals surface area contributed by atoms with E-state index in [4.69, 9.17) is 32.8 Å². The molecule has 4 heterocycles. The SMILES string of the molecule is COC(=O)N[C@H](C(=O)N1C[C@@H](C)C[C@H]1c1nc(-c2ccc(-c3cc(Cl)c(NC(=O)c4ccc(N5C[C@H](C)N(C(=O)/C(N)=C/N)C[C@H]5C)nc4)cc3OC(F)(F)F)cc2)c[nH]1)C(C)C. The van der Waals surface area contributed by atoms with Gasteiger partial charge in [0.2, 0.25) is 5.91 Å². The average Bonchev–Trinajstić information content (AvgIpc) is 3.90. The predicted molar refractivity (Wildman–Crippen MR) is 230 cm³/mol. The van der Waals surface area contributed by atoms with Gasteiger partial charge in [0.1, 0.15) is 29.1 Å². The second kappa shape index (κ2) is 18.9. The number of imidazole rings is 1. The molecule has 5 atom stereocenters. The van der Waals surface area contributed by atoms with Crippen LogP contribution in [0.2, 0.25) is 5.02 Å². The van der Waals surface area contributed by atoms with E-state index in [-0.39, 0.29) is 69.3 Å². The van der Waals surface area contributed by atoms with E-state index in [1.54, 1.807) is 46.3 Å². The van der Waals surface area contributed by atoms with Crippen molar-refractivity contribution in [3.05, 3.63) is 89.2 Å². The minimum atomic E-state index is -5.08. The fourth-order valence-electron chi connectivity index (χ4n) is 7.84. The second-order valence-corrected chi connectivity index (χ2v) is 16.5. The molecule has 16 nitrogen and oxygen atoms in total. The molecule has 6 rings (SSSR count). The number of halogens is 4. The summed E-state index contributed by atoms with van der Waals surface area (Å²) < 4.78 is 50.5. The number of alkyl halides is 3. The number of rotatable bonds is 11. The minimum absolute atomic E-state index is 0.0110. The molecule has 7 N–H and O–H groups in total. The lowest BCUT2D eigenvalue weighted by Gasteiger charge is -2.44. The van der Waals surface area contributed by atoms with Crippen LogP contribution in [0.1, 0.15) is 63.3 Å². The smallest absolute Gasteiger partial charge is 0.453 e. The largest absolute Gasteiger partial charge is 0.573 e. The Labute approximate surface area is 367 Å². The maximum Gasteiger partial charge on any atom is 0.573 e. The normalized spacial score (nSPS) is 19.8. The van der Waals surface area contributed by atoms with Gasteiger partial charge in [-0.05, 0) is 55.9 Å². The molecule has 0 aliphatic carbocycles. The molecule has 0 radical (unpaired) electrons. The van der Waals surface area contributed by atoms with Crippen molar-refractivity contribution in [1.29, 1.82) is 0 Å². The molecule has 2 fully saturated rings. The number of benzene rings is 2. The van der Waals surface area contributed by atoms with Crippen molar-refractivity contribution >= 4 is 46.9 Å². The van der Waals surface area contributed by atoms with Crippen molar-refractivity contribution in [3.63, 3.8) is 0 Å². The molecule has 63 heavy (non-hydrogen) atoms. The number of nitrogens with one attached hydrogen (secondary N) is 3. The molecule has 0 bridgehead atoms. The van der Waals surface area contributed by atoms with Crippen molar-refractivity contribution in [2.75, 3.05) is 37.0 Å². The molecule has 0 saturated carbocycles. The molecule has 20 heteroatoms. The van der Waals surface area contributed by atoms with Crippen LogP contribution in [0.25, 0.3) is 22.4 Å². The van der Waals surface area contributed by atoms with Crippen molar-refractivity contribution in [3.8, 4) is 28.1 Å². The molecule has 0 spiro atoms. The summed E-state index contributed by atoms with van der Waals surface area (Å²) in [5.41, 5.74) is 12.6. The number of ether oxygens (including phenoxy) is 2. The van der Waals surface area contributed by atoms with E-state index in [2.05, 4.69) is 25.3 Å². The Morgan fingerprint density at radius 2 is 1.68 bits per heavy atom. The van der Waals surface area contributed by atoms with E-state index in [0.29, 0.717) is 54.5 Å². The highest BCUT2D eigenvalue weighted by Gasteiger charge is 2.40. The topological polar surface area (TPSA) is 214 Å².